The van der Waals surface area contributed by atoms with Crippen molar-refractivity contribution in [3.63, 3.8) is 0 Å². The van der Waals surface area contributed by atoms with E-state index < -0.39 is 0 Å². The molecule has 0 saturated carbocycles. The topological polar surface area (TPSA) is 15.6 Å². The normalized spacial score (nSPS) is 34.1. The summed E-state index contributed by atoms with van der Waals surface area (Å²) >= 11 is 0. The quantitative estimate of drug-likeness (QED) is 0.719. The summed E-state index contributed by atoms with van der Waals surface area (Å²) in [6, 6.07) is 1.69. The van der Waals surface area contributed by atoms with Crippen molar-refractivity contribution in [3.05, 3.63) is 35.6 Å². The maximum absolute atomic E-state index is 4.54. The van der Waals surface area contributed by atoms with Gasteiger partial charge in [0.2, 0.25) is 0 Å². The first-order valence-electron chi connectivity index (χ1n) is 9.89. The first-order chi connectivity index (χ1) is 11.7. The Morgan fingerprint density at radius 2 is 2.04 bits per heavy atom. The number of fused-ring (bicyclic) bond motifs is 1. The van der Waals surface area contributed by atoms with Gasteiger partial charge in [0.25, 0.3) is 0 Å². The lowest BCUT2D eigenvalue weighted by atomic mass is 9.90. The molecule has 4 aliphatic rings. The van der Waals surface area contributed by atoms with Crippen molar-refractivity contribution in [1.82, 2.24) is 4.90 Å². The second kappa shape index (κ2) is 6.61. The van der Waals surface area contributed by atoms with Gasteiger partial charge in [0, 0.05) is 57.8 Å². The third-order valence-corrected chi connectivity index (χ3v) is 7.06. The Hall–Kier alpha value is -1.19. The van der Waals surface area contributed by atoms with E-state index in [0.29, 0.717) is 0 Å². The SMILES string of the molecule is CCN1CCC([N@+]2(C)CCCC2CC2=CC=C3C=CN=C3C2)CC1. The summed E-state index contributed by atoms with van der Waals surface area (Å²) in [6.07, 6.45) is 16.7. The minimum atomic E-state index is 0.819. The van der Waals surface area contributed by atoms with Gasteiger partial charge in [0.05, 0.1) is 31.4 Å². The minimum Gasteiger partial charge on any atom is -0.321 e. The standard InChI is InChI=1S/C21H32N3/c1-3-23-12-9-19(10-13-23)24(2)14-4-5-20(24)15-17-6-7-18-8-11-22-21(18)16-17/h6-8,11,19-20H,3-5,9-10,12-16H2,1-2H3/q+1/t20?,24-/m0/s1. The van der Waals surface area contributed by atoms with Crippen molar-refractivity contribution in [2.24, 2.45) is 4.99 Å². The molecule has 3 aliphatic heterocycles. The largest absolute Gasteiger partial charge is 0.321 e. The van der Waals surface area contributed by atoms with Gasteiger partial charge in [-0.15, -0.1) is 0 Å². The molecular weight excluding hydrogens is 294 g/mol. The predicted molar refractivity (Wildman–Crippen MR) is 101 cm³/mol. The Kier molecular flexibility index (Phi) is 4.48. The molecule has 1 aliphatic carbocycles. The molecule has 1 unspecified atom stereocenters. The van der Waals surface area contributed by atoms with Crippen LogP contribution in [0.25, 0.3) is 0 Å². The highest BCUT2D eigenvalue weighted by molar-refractivity contribution is 6.07. The van der Waals surface area contributed by atoms with Crippen molar-refractivity contribution in [1.29, 1.82) is 0 Å². The summed E-state index contributed by atoms with van der Waals surface area (Å²) in [5.74, 6) is 0. The van der Waals surface area contributed by atoms with Crippen LogP contribution in [-0.4, -0.2) is 60.4 Å². The third kappa shape index (κ3) is 2.93. The number of allylic oxidation sites excluding steroid dienone is 4. The van der Waals surface area contributed by atoms with Gasteiger partial charge in [0.15, 0.2) is 0 Å². The molecule has 0 aromatic heterocycles. The van der Waals surface area contributed by atoms with Gasteiger partial charge in [-0.2, -0.15) is 0 Å². The summed E-state index contributed by atoms with van der Waals surface area (Å²) in [7, 11) is 2.56. The molecule has 0 spiro atoms. The number of hydrogen-bond donors (Lipinski definition) is 0. The molecule has 24 heavy (non-hydrogen) atoms. The Morgan fingerprint density at radius 1 is 1.21 bits per heavy atom. The predicted octanol–water partition coefficient (Wildman–Crippen LogP) is 3.69. The van der Waals surface area contributed by atoms with Gasteiger partial charge in [-0.05, 0) is 18.2 Å². The van der Waals surface area contributed by atoms with E-state index >= 15 is 0 Å². The Morgan fingerprint density at radius 3 is 2.83 bits per heavy atom. The molecule has 0 bridgehead atoms. The molecule has 0 amide bonds. The Bertz CT molecular complexity index is 605. The van der Waals surface area contributed by atoms with E-state index in [1.54, 1.807) is 5.57 Å². The second-order valence-corrected chi connectivity index (χ2v) is 8.25. The van der Waals surface area contributed by atoms with Crippen LogP contribution in [0.3, 0.4) is 0 Å². The maximum Gasteiger partial charge on any atom is 0.0930 e. The van der Waals surface area contributed by atoms with E-state index in [1.807, 2.05) is 6.20 Å². The van der Waals surface area contributed by atoms with Crippen LogP contribution in [0, 0.1) is 0 Å². The fourth-order valence-electron chi connectivity index (χ4n) is 5.36. The molecule has 3 heteroatoms. The van der Waals surface area contributed by atoms with Gasteiger partial charge in [0.1, 0.15) is 0 Å². The molecule has 2 fully saturated rings. The highest BCUT2D eigenvalue weighted by Crippen LogP contribution is 2.37. The van der Waals surface area contributed by atoms with Crippen LogP contribution in [0.15, 0.2) is 40.6 Å². The molecule has 4 rings (SSSR count). The van der Waals surface area contributed by atoms with E-state index in [0.717, 1.165) is 18.5 Å². The maximum atomic E-state index is 4.54. The third-order valence-electron chi connectivity index (χ3n) is 7.06. The van der Waals surface area contributed by atoms with E-state index in [1.165, 1.54) is 74.1 Å². The van der Waals surface area contributed by atoms with E-state index in [9.17, 15) is 0 Å². The number of aliphatic imine (C=N–C) groups is 1. The minimum absolute atomic E-state index is 0.819. The Balaban J connectivity index is 1.43. The summed E-state index contributed by atoms with van der Waals surface area (Å²) in [5, 5.41) is 0. The van der Waals surface area contributed by atoms with Gasteiger partial charge in [-0.3, -0.25) is 4.99 Å². The van der Waals surface area contributed by atoms with Crippen LogP contribution < -0.4 is 0 Å². The first kappa shape index (κ1) is 16.3. The molecule has 2 saturated heterocycles. The van der Waals surface area contributed by atoms with Crippen molar-refractivity contribution in [2.45, 2.75) is 57.5 Å². The van der Waals surface area contributed by atoms with E-state index in [2.05, 4.69) is 42.1 Å². The van der Waals surface area contributed by atoms with Crippen molar-refractivity contribution in [2.75, 3.05) is 33.2 Å². The van der Waals surface area contributed by atoms with E-state index in [-0.39, 0.29) is 0 Å². The van der Waals surface area contributed by atoms with Crippen molar-refractivity contribution < 1.29 is 4.48 Å². The lowest BCUT2D eigenvalue weighted by Crippen LogP contribution is -2.58. The number of quaternary nitrogens is 1. The molecule has 0 aromatic carbocycles. The monoisotopic (exact) mass is 326 g/mol. The van der Waals surface area contributed by atoms with Crippen LogP contribution >= 0.6 is 0 Å². The molecule has 0 N–H and O–H groups in total. The average Bonchev–Trinajstić information content (AvgIpc) is 3.22. The second-order valence-electron chi connectivity index (χ2n) is 8.25. The summed E-state index contributed by atoms with van der Waals surface area (Å²) in [4.78, 5) is 7.16. The number of nitrogens with zero attached hydrogens (tertiary/aromatic N) is 3. The van der Waals surface area contributed by atoms with Crippen LogP contribution in [-0.2, 0) is 0 Å². The average molecular weight is 327 g/mol. The van der Waals surface area contributed by atoms with Crippen LogP contribution in [0.1, 0.15) is 45.4 Å². The molecule has 3 nitrogen and oxygen atoms in total. The molecule has 130 valence electrons. The molecule has 2 atom stereocenters. The zero-order chi connectivity index (χ0) is 16.6. The smallest absolute Gasteiger partial charge is 0.0930 e. The van der Waals surface area contributed by atoms with Gasteiger partial charge in [-0.25, -0.2) is 0 Å². The first-order valence-corrected chi connectivity index (χ1v) is 9.89. The summed E-state index contributed by atoms with van der Waals surface area (Å²) in [6.45, 7) is 7.51. The zero-order valence-electron chi connectivity index (χ0n) is 15.4. The number of piperidine rings is 1. The fourth-order valence-corrected chi connectivity index (χ4v) is 5.36. The molecule has 3 heterocycles. The van der Waals surface area contributed by atoms with E-state index in [4.69, 9.17) is 0 Å². The van der Waals surface area contributed by atoms with Crippen molar-refractivity contribution >= 4 is 5.71 Å². The molecule has 0 radical (unpaired) electrons. The number of hydrogen-bond acceptors (Lipinski definition) is 2. The lowest BCUT2D eigenvalue weighted by Gasteiger charge is -2.46. The van der Waals surface area contributed by atoms with Crippen LogP contribution in [0.5, 0.6) is 0 Å². The Labute approximate surface area is 147 Å². The number of likely N-dealkylation sites (tertiary alicyclic amines) is 2. The summed E-state index contributed by atoms with van der Waals surface area (Å²) < 4.78 is 1.33. The molecule has 0 aromatic rings. The van der Waals surface area contributed by atoms with Gasteiger partial charge >= 0.3 is 0 Å². The van der Waals surface area contributed by atoms with Gasteiger partial charge < -0.3 is 9.38 Å². The zero-order valence-corrected chi connectivity index (χ0v) is 15.4. The molecular formula is C21H32N3+. The van der Waals surface area contributed by atoms with Crippen LogP contribution in [0.4, 0.5) is 0 Å². The highest BCUT2D eigenvalue weighted by Gasteiger charge is 2.45. The highest BCUT2D eigenvalue weighted by atomic mass is 15.4. The number of rotatable bonds is 4. The summed E-state index contributed by atoms with van der Waals surface area (Å²) in [5.41, 5.74) is 4.22. The van der Waals surface area contributed by atoms with Crippen molar-refractivity contribution in [3.8, 4) is 0 Å². The lowest BCUT2D eigenvalue weighted by molar-refractivity contribution is -0.945. The van der Waals surface area contributed by atoms with Crippen LogP contribution in [0.2, 0.25) is 0 Å². The fraction of sp³-hybridized carbons (Fsp3) is 0.667. The van der Waals surface area contributed by atoms with Gasteiger partial charge in [-0.1, -0.05) is 24.6 Å².